The van der Waals surface area contributed by atoms with Gasteiger partial charge in [-0.15, -0.1) is 0 Å². The minimum atomic E-state index is -1.19. The second-order valence-electron chi connectivity index (χ2n) is 3.07. The van der Waals surface area contributed by atoms with Crippen LogP contribution in [0.25, 0.3) is 0 Å². The molecule has 14 heavy (non-hydrogen) atoms. The van der Waals surface area contributed by atoms with E-state index < -0.39 is 30.1 Å². The van der Waals surface area contributed by atoms with Gasteiger partial charge in [0.15, 0.2) is 6.04 Å². The first-order valence-corrected chi connectivity index (χ1v) is 4.07. The van der Waals surface area contributed by atoms with Crippen LogP contribution >= 0.6 is 0 Å². The lowest BCUT2D eigenvalue weighted by atomic mass is 10.1. The predicted molar refractivity (Wildman–Crippen MR) is 43.9 cm³/mol. The summed E-state index contributed by atoms with van der Waals surface area (Å²) in [6, 6.07) is -2.23. The van der Waals surface area contributed by atoms with E-state index in [-0.39, 0.29) is 6.61 Å². The van der Waals surface area contributed by atoms with Crippen LogP contribution in [0.3, 0.4) is 0 Å². The van der Waals surface area contributed by atoms with Crippen molar-refractivity contribution < 1.29 is 24.6 Å². The molecular formula is C7H12N2O5. The maximum Gasteiger partial charge on any atom is 0.328 e. The van der Waals surface area contributed by atoms with Crippen molar-refractivity contribution in [2.45, 2.75) is 25.1 Å². The Labute approximate surface area is 80.0 Å². The van der Waals surface area contributed by atoms with Crippen LogP contribution in [0.4, 0.5) is 0 Å². The van der Waals surface area contributed by atoms with Crippen LogP contribution in [0.1, 0.15) is 6.92 Å². The van der Waals surface area contributed by atoms with Gasteiger partial charge in [-0.1, -0.05) is 0 Å². The number of rotatable bonds is 2. The van der Waals surface area contributed by atoms with Crippen LogP contribution in [0.5, 0.6) is 0 Å². The number of nitrogens with zero attached hydrogens (tertiary/aromatic N) is 1. The van der Waals surface area contributed by atoms with Gasteiger partial charge in [0.05, 0.1) is 0 Å². The number of aliphatic carboxylic acids is 1. The molecule has 0 aromatic heterocycles. The number of nitrogens with two attached hydrogens (primary N) is 1. The van der Waals surface area contributed by atoms with E-state index in [1.165, 1.54) is 6.92 Å². The summed E-state index contributed by atoms with van der Waals surface area (Å²) in [5.74, 6) is -1.92. The third-order valence-electron chi connectivity index (χ3n) is 2.01. The Morgan fingerprint density at radius 1 is 1.79 bits per heavy atom. The topological polar surface area (TPSA) is 113 Å². The number of aliphatic hydroxyl groups is 1. The predicted octanol–water partition coefficient (Wildman–Crippen LogP) is -2.08. The third kappa shape index (κ3) is 1.84. The van der Waals surface area contributed by atoms with Crippen molar-refractivity contribution in [2.24, 2.45) is 5.73 Å². The molecule has 7 nitrogen and oxygen atoms in total. The Morgan fingerprint density at radius 3 is 2.86 bits per heavy atom. The van der Waals surface area contributed by atoms with E-state index in [4.69, 9.17) is 20.8 Å². The molecule has 1 fully saturated rings. The third-order valence-corrected chi connectivity index (χ3v) is 2.01. The number of hydroxylamine groups is 2. The van der Waals surface area contributed by atoms with E-state index in [0.29, 0.717) is 5.06 Å². The molecule has 0 bridgehead atoms. The fraction of sp³-hybridized carbons (Fsp3) is 0.714. The number of carboxylic acid groups (broad SMARTS) is 1. The average Bonchev–Trinajstić information content (AvgIpc) is 2.13. The van der Waals surface area contributed by atoms with Gasteiger partial charge in [0.2, 0.25) is 0 Å². The largest absolute Gasteiger partial charge is 0.480 e. The summed E-state index contributed by atoms with van der Waals surface area (Å²) in [7, 11) is 0. The molecule has 80 valence electrons. The summed E-state index contributed by atoms with van der Waals surface area (Å²) in [6.07, 6.45) is -1.08. The maximum absolute atomic E-state index is 11.3. The van der Waals surface area contributed by atoms with Gasteiger partial charge < -0.3 is 15.9 Å². The smallest absolute Gasteiger partial charge is 0.328 e. The highest BCUT2D eigenvalue weighted by atomic mass is 16.7. The summed E-state index contributed by atoms with van der Waals surface area (Å²) in [6.45, 7) is 1.12. The Bertz CT molecular complexity index is 256. The number of aliphatic hydroxyl groups excluding tert-OH is 1. The van der Waals surface area contributed by atoms with Gasteiger partial charge >= 0.3 is 5.97 Å². The molecule has 4 N–H and O–H groups in total. The Hall–Kier alpha value is -1.18. The van der Waals surface area contributed by atoms with Crippen LogP contribution in [-0.4, -0.2) is 51.9 Å². The SMILES string of the molecule is C[C@H](C(=O)O)N1OC[C@H](O)[C@H](N)C1=O. The molecule has 1 heterocycles. The molecule has 0 saturated carbocycles. The zero-order valence-corrected chi connectivity index (χ0v) is 7.58. The quantitative estimate of drug-likeness (QED) is 0.476. The fourth-order valence-electron chi connectivity index (χ4n) is 1.04. The summed E-state index contributed by atoms with van der Waals surface area (Å²) in [5.41, 5.74) is 5.34. The normalized spacial score (nSPS) is 30.2. The standard InChI is InChI=1S/C7H12N2O5/c1-3(7(12)13)9-6(11)5(8)4(10)2-14-9/h3-5,10H,2,8H2,1H3,(H,12,13)/t3-,4+,5+/m1/s1. The van der Waals surface area contributed by atoms with Crippen molar-refractivity contribution in [3.05, 3.63) is 0 Å². The molecule has 0 unspecified atom stereocenters. The van der Waals surface area contributed by atoms with Crippen LogP contribution < -0.4 is 5.73 Å². The molecule has 1 aliphatic rings. The molecule has 0 spiro atoms. The number of hydrogen-bond donors (Lipinski definition) is 3. The fourth-order valence-corrected chi connectivity index (χ4v) is 1.04. The maximum atomic E-state index is 11.3. The molecule has 0 aromatic carbocycles. The molecule has 1 rings (SSSR count). The van der Waals surface area contributed by atoms with Crippen LogP contribution in [0, 0.1) is 0 Å². The highest BCUT2D eigenvalue weighted by Crippen LogP contribution is 2.11. The number of carboxylic acids is 1. The van der Waals surface area contributed by atoms with Crippen molar-refractivity contribution in [3.63, 3.8) is 0 Å². The lowest BCUT2D eigenvalue weighted by molar-refractivity contribution is -0.231. The van der Waals surface area contributed by atoms with Crippen LogP contribution in [0.2, 0.25) is 0 Å². The number of amides is 1. The molecule has 1 aliphatic heterocycles. The molecule has 7 heteroatoms. The van der Waals surface area contributed by atoms with Crippen molar-refractivity contribution in [3.8, 4) is 0 Å². The lowest BCUT2D eigenvalue weighted by Gasteiger charge is -2.34. The van der Waals surface area contributed by atoms with E-state index >= 15 is 0 Å². The second-order valence-corrected chi connectivity index (χ2v) is 3.07. The van der Waals surface area contributed by atoms with Gasteiger partial charge in [-0.05, 0) is 6.92 Å². The first-order chi connectivity index (χ1) is 6.45. The van der Waals surface area contributed by atoms with Gasteiger partial charge in [-0.25, -0.2) is 9.86 Å². The van der Waals surface area contributed by atoms with Gasteiger partial charge in [0, 0.05) is 0 Å². The summed E-state index contributed by atoms with van der Waals surface area (Å²) in [5, 5.41) is 18.4. The van der Waals surface area contributed by atoms with Gasteiger partial charge in [0.1, 0.15) is 18.8 Å². The molecule has 0 aromatic rings. The first kappa shape index (κ1) is 10.9. The summed E-state index contributed by atoms with van der Waals surface area (Å²) >= 11 is 0. The lowest BCUT2D eigenvalue weighted by Crippen LogP contribution is -2.60. The zero-order chi connectivity index (χ0) is 10.9. The number of carbonyl (C=O) groups is 2. The van der Waals surface area contributed by atoms with Crippen LogP contribution in [0.15, 0.2) is 0 Å². The Balaban J connectivity index is 2.73. The zero-order valence-electron chi connectivity index (χ0n) is 7.58. The minimum Gasteiger partial charge on any atom is -0.480 e. The van der Waals surface area contributed by atoms with Crippen LogP contribution in [-0.2, 0) is 14.4 Å². The highest BCUT2D eigenvalue weighted by Gasteiger charge is 2.38. The van der Waals surface area contributed by atoms with E-state index in [0.717, 1.165) is 0 Å². The molecule has 0 radical (unpaired) electrons. The molecular weight excluding hydrogens is 192 g/mol. The van der Waals surface area contributed by atoms with Gasteiger partial charge in [0.25, 0.3) is 5.91 Å². The second kappa shape index (κ2) is 3.91. The highest BCUT2D eigenvalue weighted by molar-refractivity contribution is 5.86. The van der Waals surface area contributed by atoms with E-state index in [9.17, 15) is 9.59 Å². The van der Waals surface area contributed by atoms with Gasteiger partial charge in [-0.3, -0.25) is 9.63 Å². The monoisotopic (exact) mass is 204 g/mol. The minimum absolute atomic E-state index is 0.176. The Kier molecular flexibility index (Phi) is 3.04. The van der Waals surface area contributed by atoms with Gasteiger partial charge in [-0.2, -0.15) is 0 Å². The molecule has 1 saturated heterocycles. The summed E-state index contributed by atoms with van der Waals surface area (Å²) < 4.78 is 0. The number of carbonyl (C=O) groups excluding carboxylic acids is 1. The molecule has 0 aliphatic carbocycles. The Morgan fingerprint density at radius 2 is 2.36 bits per heavy atom. The number of hydrogen-bond acceptors (Lipinski definition) is 5. The van der Waals surface area contributed by atoms with Crippen molar-refractivity contribution >= 4 is 11.9 Å². The van der Waals surface area contributed by atoms with Crippen molar-refractivity contribution in [1.29, 1.82) is 0 Å². The average molecular weight is 204 g/mol. The van der Waals surface area contributed by atoms with Crippen molar-refractivity contribution in [2.75, 3.05) is 6.61 Å². The van der Waals surface area contributed by atoms with E-state index in [2.05, 4.69) is 0 Å². The molecule has 3 atom stereocenters. The van der Waals surface area contributed by atoms with Crippen molar-refractivity contribution in [1.82, 2.24) is 5.06 Å². The first-order valence-electron chi connectivity index (χ1n) is 4.07. The van der Waals surface area contributed by atoms with E-state index in [1.807, 2.05) is 0 Å². The van der Waals surface area contributed by atoms with E-state index in [1.54, 1.807) is 0 Å². The molecule has 1 amide bonds. The summed E-state index contributed by atoms with van der Waals surface area (Å²) in [4.78, 5) is 26.7.